The Bertz CT molecular complexity index is 755. The fraction of sp³-hybridized carbons (Fsp3) is 0.385. The molecule has 0 fully saturated rings. The molecule has 0 amide bonds. The van der Waals surface area contributed by atoms with E-state index in [-0.39, 0.29) is 5.56 Å². The van der Waals surface area contributed by atoms with Gasteiger partial charge in [-0.25, -0.2) is 9.97 Å². The zero-order valence-corrected chi connectivity index (χ0v) is 11.8. The minimum Gasteiger partial charge on any atom is -0.336 e. The van der Waals surface area contributed by atoms with Crippen LogP contribution in [0, 0.1) is 11.3 Å². The molecule has 0 saturated carbocycles. The Balaban J connectivity index is 1.83. The van der Waals surface area contributed by atoms with Crippen LogP contribution >= 0.6 is 11.8 Å². The second-order valence-electron chi connectivity index (χ2n) is 4.70. The Hall–Kier alpha value is -2.07. The predicted molar refractivity (Wildman–Crippen MR) is 74.4 cm³/mol. The summed E-state index contributed by atoms with van der Waals surface area (Å²) in [4.78, 5) is 23.2. The summed E-state index contributed by atoms with van der Waals surface area (Å²) in [5.41, 5.74) is 2.97. The molecule has 0 radical (unpaired) electrons. The van der Waals surface area contributed by atoms with Gasteiger partial charge in [0.05, 0.1) is 17.7 Å². The van der Waals surface area contributed by atoms with E-state index in [2.05, 4.69) is 21.0 Å². The molecule has 1 N–H and O–H groups in total. The van der Waals surface area contributed by atoms with Crippen molar-refractivity contribution in [1.82, 2.24) is 19.5 Å². The number of thioether (sulfide) groups is 1. The summed E-state index contributed by atoms with van der Waals surface area (Å²) in [7, 11) is 1.85. The van der Waals surface area contributed by atoms with Crippen molar-refractivity contribution in [2.24, 2.45) is 7.05 Å². The summed E-state index contributed by atoms with van der Waals surface area (Å²) in [5, 5.41) is 9.60. The highest BCUT2D eigenvalue weighted by atomic mass is 32.2. The maximum Gasteiger partial charge on any atom is 0.254 e. The molecule has 2 aromatic heterocycles. The molecule has 0 saturated heterocycles. The van der Waals surface area contributed by atoms with Crippen LogP contribution in [0.5, 0.6) is 0 Å². The second kappa shape index (κ2) is 5.13. The molecule has 0 unspecified atom stereocenters. The third-order valence-corrected chi connectivity index (χ3v) is 4.31. The van der Waals surface area contributed by atoms with Crippen molar-refractivity contribution in [2.75, 3.05) is 0 Å². The van der Waals surface area contributed by atoms with Crippen LogP contribution in [0.15, 0.2) is 16.3 Å². The van der Waals surface area contributed by atoms with Gasteiger partial charge in [0.2, 0.25) is 0 Å². The van der Waals surface area contributed by atoms with Crippen LogP contribution in [0.3, 0.4) is 0 Å². The number of nitrogens with zero attached hydrogens (tertiary/aromatic N) is 4. The Morgan fingerprint density at radius 2 is 2.40 bits per heavy atom. The maximum absolute atomic E-state index is 11.9. The molecule has 6 nitrogen and oxygen atoms in total. The van der Waals surface area contributed by atoms with Gasteiger partial charge in [-0.2, -0.15) is 5.26 Å². The van der Waals surface area contributed by atoms with Gasteiger partial charge in [-0.1, -0.05) is 11.8 Å². The number of rotatable bonds is 3. The molecule has 1 aliphatic rings. The highest BCUT2D eigenvalue weighted by Crippen LogP contribution is 2.23. The number of hydrogen-bond acceptors (Lipinski definition) is 5. The first-order chi connectivity index (χ1) is 9.69. The summed E-state index contributed by atoms with van der Waals surface area (Å²) < 4.78 is 1.82. The SMILES string of the molecule is Cn1cnc(C#N)c1CSc1nc2c(c(=O)[nH]1)CCC2. The van der Waals surface area contributed by atoms with Crippen molar-refractivity contribution in [3.63, 3.8) is 0 Å². The fourth-order valence-corrected chi connectivity index (χ4v) is 3.30. The third-order valence-electron chi connectivity index (χ3n) is 3.43. The van der Waals surface area contributed by atoms with Gasteiger partial charge in [0.1, 0.15) is 6.07 Å². The van der Waals surface area contributed by atoms with Gasteiger partial charge in [-0.3, -0.25) is 4.79 Å². The topological polar surface area (TPSA) is 87.4 Å². The van der Waals surface area contributed by atoms with E-state index < -0.39 is 0 Å². The predicted octanol–water partition coefficient (Wildman–Crippen LogP) is 1.16. The van der Waals surface area contributed by atoms with E-state index in [1.165, 1.54) is 11.8 Å². The van der Waals surface area contributed by atoms with Gasteiger partial charge >= 0.3 is 0 Å². The Morgan fingerprint density at radius 3 is 3.20 bits per heavy atom. The van der Waals surface area contributed by atoms with Crippen molar-refractivity contribution in [1.29, 1.82) is 5.26 Å². The van der Waals surface area contributed by atoms with Crippen LogP contribution < -0.4 is 5.56 Å². The molecule has 7 heteroatoms. The lowest BCUT2D eigenvalue weighted by molar-refractivity contribution is 0.854. The first-order valence-electron chi connectivity index (χ1n) is 6.34. The fourth-order valence-electron chi connectivity index (χ4n) is 2.34. The molecule has 0 aromatic carbocycles. The van der Waals surface area contributed by atoms with Crippen LogP contribution in [0.4, 0.5) is 0 Å². The number of imidazole rings is 1. The van der Waals surface area contributed by atoms with Crippen molar-refractivity contribution in [2.45, 2.75) is 30.2 Å². The summed E-state index contributed by atoms with van der Waals surface area (Å²) >= 11 is 1.42. The molecule has 0 aliphatic heterocycles. The molecule has 0 atom stereocenters. The van der Waals surface area contributed by atoms with Gasteiger partial charge in [0.15, 0.2) is 10.9 Å². The quantitative estimate of drug-likeness (QED) is 0.676. The van der Waals surface area contributed by atoms with E-state index >= 15 is 0 Å². The summed E-state index contributed by atoms with van der Waals surface area (Å²) in [6.07, 6.45) is 4.32. The lowest BCUT2D eigenvalue weighted by atomic mass is 10.3. The van der Waals surface area contributed by atoms with Crippen LogP contribution in [0.2, 0.25) is 0 Å². The van der Waals surface area contributed by atoms with E-state index in [4.69, 9.17) is 5.26 Å². The van der Waals surface area contributed by atoms with E-state index in [1.807, 2.05) is 11.6 Å². The molecule has 0 spiro atoms. The first kappa shape index (κ1) is 12.9. The van der Waals surface area contributed by atoms with Crippen LogP contribution in [0.1, 0.15) is 29.1 Å². The zero-order chi connectivity index (χ0) is 14.1. The maximum atomic E-state index is 11.9. The molecular formula is C13H13N5OS. The number of aromatic amines is 1. The average Bonchev–Trinajstić information content (AvgIpc) is 3.03. The minimum atomic E-state index is -0.0273. The molecule has 20 heavy (non-hydrogen) atoms. The van der Waals surface area contributed by atoms with Gasteiger partial charge in [0.25, 0.3) is 5.56 Å². The summed E-state index contributed by atoms with van der Waals surface area (Å²) in [6, 6.07) is 2.07. The number of nitrogens with one attached hydrogen (secondary N) is 1. The monoisotopic (exact) mass is 287 g/mol. The third kappa shape index (κ3) is 2.23. The number of aryl methyl sites for hydroxylation is 2. The molecule has 2 aromatic rings. The van der Waals surface area contributed by atoms with Gasteiger partial charge in [-0.05, 0) is 19.3 Å². The van der Waals surface area contributed by atoms with Crippen molar-refractivity contribution in [3.8, 4) is 6.07 Å². The van der Waals surface area contributed by atoms with Crippen molar-refractivity contribution < 1.29 is 0 Å². The highest BCUT2D eigenvalue weighted by molar-refractivity contribution is 7.98. The molecule has 0 bridgehead atoms. The number of aromatic nitrogens is 4. The summed E-state index contributed by atoms with van der Waals surface area (Å²) in [5.74, 6) is 0.557. The number of nitriles is 1. The molecular weight excluding hydrogens is 274 g/mol. The van der Waals surface area contributed by atoms with Crippen molar-refractivity contribution >= 4 is 11.8 Å². The average molecular weight is 287 g/mol. The van der Waals surface area contributed by atoms with E-state index in [1.54, 1.807) is 6.33 Å². The second-order valence-corrected chi connectivity index (χ2v) is 5.67. The van der Waals surface area contributed by atoms with E-state index in [0.29, 0.717) is 16.6 Å². The van der Waals surface area contributed by atoms with Gasteiger partial charge in [0, 0.05) is 18.4 Å². The standard InChI is InChI=1S/C13H13N5OS/c1-18-7-15-10(5-14)11(18)6-20-13-16-9-4-2-3-8(9)12(19)17-13/h7H,2-4,6H2,1H3,(H,16,17,19). The van der Waals surface area contributed by atoms with Crippen LogP contribution in [0.25, 0.3) is 0 Å². The van der Waals surface area contributed by atoms with Crippen LogP contribution in [-0.4, -0.2) is 19.5 Å². The molecule has 102 valence electrons. The highest BCUT2D eigenvalue weighted by Gasteiger charge is 2.17. The van der Waals surface area contributed by atoms with Gasteiger partial charge in [-0.15, -0.1) is 0 Å². The van der Waals surface area contributed by atoms with Crippen LogP contribution in [-0.2, 0) is 25.6 Å². The Kier molecular flexibility index (Phi) is 3.32. The number of fused-ring (bicyclic) bond motifs is 1. The molecule has 2 heterocycles. The van der Waals surface area contributed by atoms with E-state index in [0.717, 1.165) is 36.2 Å². The Morgan fingerprint density at radius 1 is 1.55 bits per heavy atom. The smallest absolute Gasteiger partial charge is 0.254 e. The zero-order valence-electron chi connectivity index (χ0n) is 11.0. The minimum absolute atomic E-state index is 0.0273. The van der Waals surface area contributed by atoms with Gasteiger partial charge < -0.3 is 9.55 Å². The first-order valence-corrected chi connectivity index (χ1v) is 7.32. The normalized spacial score (nSPS) is 13.2. The molecule has 1 aliphatic carbocycles. The molecule has 3 rings (SSSR count). The lowest BCUT2D eigenvalue weighted by Gasteiger charge is -2.04. The van der Waals surface area contributed by atoms with Crippen molar-refractivity contribution in [3.05, 3.63) is 39.3 Å². The number of H-pyrrole nitrogens is 1. The lowest BCUT2D eigenvalue weighted by Crippen LogP contribution is -2.15. The largest absolute Gasteiger partial charge is 0.336 e. The summed E-state index contributed by atoms with van der Waals surface area (Å²) in [6.45, 7) is 0. The van der Waals surface area contributed by atoms with E-state index in [9.17, 15) is 4.79 Å². The number of hydrogen-bond donors (Lipinski definition) is 1. The Labute approximate surface area is 119 Å².